The predicted molar refractivity (Wildman–Crippen MR) is 47.4 cm³/mol. The highest BCUT2D eigenvalue weighted by molar-refractivity contribution is 5.93. The third-order valence-corrected chi connectivity index (χ3v) is 1.88. The van der Waals surface area contributed by atoms with Crippen LogP contribution in [0.15, 0.2) is 36.8 Å². The molecule has 13 heavy (non-hydrogen) atoms. The quantitative estimate of drug-likeness (QED) is 0.646. The molecule has 0 saturated carbocycles. The normalized spacial score (nSPS) is 10.2. The van der Waals surface area contributed by atoms with E-state index in [0.29, 0.717) is 5.69 Å². The van der Waals surface area contributed by atoms with Gasteiger partial charge in [0.25, 0.3) is 5.91 Å². The predicted octanol–water partition coefficient (Wildman–Crippen LogP) is 0.910. The first kappa shape index (κ1) is 7.79. The van der Waals surface area contributed by atoms with Crippen LogP contribution in [0.5, 0.6) is 0 Å². The molecule has 0 atom stereocenters. The topological polar surface area (TPSA) is 39.8 Å². The maximum Gasteiger partial charge on any atom is 0.294 e. The van der Waals surface area contributed by atoms with Gasteiger partial charge >= 0.3 is 0 Å². The highest BCUT2D eigenvalue weighted by Crippen LogP contribution is 2.01. The molecule has 2 rings (SSSR count). The van der Waals surface area contributed by atoms with Crippen LogP contribution in [0.1, 0.15) is 10.5 Å². The summed E-state index contributed by atoms with van der Waals surface area (Å²) in [6.45, 7) is 0. The molecule has 0 aliphatic rings. The molecule has 0 aromatic carbocycles. The maximum atomic E-state index is 11.7. The Kier molecular flexibility index (Phi) is 1.73. The van der Waals surface area contributed by atoms with E-state index in [0.717, 1.165) is 0 Å². The van der Waals surface area contributed by atoms with Crippen molar-refractivity contribution in [1.29, 1.82) is 0 Å². The van der Waals surface area contributed by atoms with Crippen molar-refractivity contribution in [3.8, 4) is 0 Å². The van der Waals surface area contributed by atoms with Gasteiger partial charge in [0.05, 0.1) is 0 Å². The molecule has 0 amide bonds. The molecule has 0 radical (unpaired) electrons. The Balaban J connectivity index is 2.39. The summed E-state index contributed by atoms with van der Waals surface area (Å²) in [6.07, 6.45) is 5.05. The first-order valence-electron chi connectivity index (χ1n) is 3.95. The van der Waals surface area contributed by atoms with Gasteiger partial charge < -0.3 is 4.57 Å². The number of carbonyl (C=O) groups is 1. The van der Waals surface area contributed by atoms with Crippen LogP contribution in [-0.2, 0) is 7.05 Å². The lowest BCUT2D eigenvalue weighted by Crippen LogP contribution is -2.15. The zero-order valence-electron chi connectivity index (χ0n) is 7.21. The van der Waals surface area contributed by atoms with E-state index in [9.17, 15) is 4.79 Å². The molecule has 4 heteroatoms. The lowest BCUT2D eigenvalue weighted by molar-refractivity contribution is 0.0937. The van der Waals surface area contributed by atoms with Crippen molar-refractivity contribution < 1.29 is 4.79 Å². The molecule has 2 aromatic heterocycles. The Labute approximate surface area is 75.4 Å². The van der Waals surface area contributed by atoms with Crippen LogP contribution in [0, 0.1) is 0 Å². The number of nitrogens with zero attached hydrogens (tertiary/aromatic N) is 3. The Bertz CT molecular complexity index is 414. The molecule has 4 nitrogen and oxygen atoms in total. The lowest BCUT2D eigenvalue weighted by Gasteiger charge is -2.00. The molecule has 2 heterocycles. The highest BCUT2D eigenvalue weighted by Gasteiger charge is 2.10. The fraction of sp³-hybridized carbons (Fsp3) is 0.111. The molecule has 0 aliphatic carbocycles. The summed E-state index contributed by atoms with van der Waals surface area (Å²) < 4.78 is 3.08. The van der Waals surface area contributed by atoms with E-state index in [1.54, 1.807) is 29.1 Å². The number of hydrogen-bond acceptors (Lipinski definition) is 2. The molecule has 0 spiro atoms. The van der Waals surface area contributed by atoms with E-state index >= 15 is 0 Å². The second kappa shape index (κ2) is 2.90. The molecular formula is C9H9N3O. The number of carbonyl (C=O) groups excluding carboxylic acids is 1. The molecule has 0 N–H and O–H groups in total. The van der Waals surface area contributed by atoms with Crippen molar-refractivity contribution in [3.63, 3.8) is 0 Å². The van der Waals surface area contributed by atoms with Gasteiger partial charge in [-0.3, -0.25) is 4.79 Å². The summed E-state index contributed by atoms with van der Waals surface area (Å²) >= 11 is 0. The van der Waals surface area contributed by atoms with Crippen LogP contribution in [0.3, 0.4) is 0 Å². The summed E-state index contributed by atoms with van der Waals surface area (Å²) in [7, 11) is 1.83. The molecule has 0 unspecified atom stereocenters. The number of rotatable bonds is 1. The summed E-state index contributed by atoms with van der Waals surface area (Å²) in [6, 6.07) is 5.32. The Morgan fingerprint density at radius 1 is 1.38 bits per heavy atom. The van der Waals surface area contributed by atoms with Gasteiger partial charge in [0.2, 0.25) is 0 Å². The molecule has 66 valence electrons. The molecule has 0 fully saturated rings. The van der Waals surface area contributed by atoms with E-state index in [-0.39, 0.29) is 5.91 Å². The average molecular weight is 175 g/mol. The second-order valence-electron chi connectivity index (χ2n) is 2.76. The average Bonchev–Trinajstić information content (AvgIpc) is 2.72. The molecule has 0 bridgehead atoms. The Hall–Kier alpha value is -1.84. The third kappa shape index (κ3) is 1.26. The van der Waals surface area contributed by atoms with Crippen molar-refractivity contribution in [2.75, 3.05) is 0 Å². The molecular weight excluding hydrogens is 166 g/mol. The van der Waals surface area contributed by atoms with E-state index in [2.05, 4.69) is 5.10 Å². The summed E-state index contributed by atoms with van der Waals surface area (Å²) in [4.78, 5) is 11.7. The van der Waals surface area contributed by atoms with E-state index in [4.69, 9.17) is 0 Å². The van der Waals surface area contributed by atoms with Crippen molar-refractivity contribution in [2.45, 2.75) is 0 Å². The van der Waals surface area contributed by atoms with Gasteiger partial charge in [0.1, 0.15) is 5.69 Å². The minimum Gasteiger partial charge on any atom is -0.347 e. The number of aryl methyl sites for hydroxylation is 1. The van der Waals surface area contributed by atoms with Gasteiger partial charge in [-0.15, -0.1) is 0 Å². The van der Waals surface area contributed by atoms with E-state index in [1.807, 2.05) is 19.3 Å². The van der Waals surface area contributed by atoms with Crippen LogP contribution in [0.4, 0.5) is 0 Å². The first-order valence-corrected chi connectivity index (χ1v) is 3.95. The van der Waals surface area contributed by atoms with Gasteiger partial charge in [-0.1, -0.05) is 0 Å². The Morgan fingerprint density at radius 2 is 2.23 bits per heavy atom. The maximum absolute atomic E-state index is 11.7. The van der Waals surface area contributed by atoms with Gasteiger partial charge in [-0.2, -0.15) is 5.10 Å². The van der Waals surface area contributed by atoms with E-state index in [1.165, 1.54) is 4.68 Å². The van der Waals surface area contributed by atoms with Gasteiger partial charge in [-0.25, -0.2) is 4.68 Å². The van der Waals surface area contributed by atoms with Crippen molar-refractivity contribution >= 4 is 5.91 Å². The van der Waals surface area contributed by atoms with Crippen LogP contribution in [-0.4, -0.2) is 20.3 Å². The van der Waals surface area contributed by atoms with Crippen LogP contribution >= 0.6 is 0 Å². The number of hydrogen-bond donors (Lipinski definition) is 0. The summed E-state index contributed by atoms with van der Waals surface area (Å²) in [5.41, 5.74) is 0.628. The Morgan fingerprint density at radius 3 is 2.77 bits per heavy atom. The standard InChI is InChI=1S/C9H9N3O/c1-11-6-2-4-8(11)9(13)12-7-3-5-10-12/h2-7H,1H3. The largest absolute Gasteiger partial charge is 0.347 e. The van der Waals surface area contributed by atoms with Crippen molar-refractivity contribution in [2.24, 2.45) is 7.05 Å². The van der Waals surface area contributed by atoms with Gasteiger partial charge in [-0.05, 0) is 18.2 Å². The van der Waals surface area contributed by atoms with Crippen molar-refractivity contribution in [3.05, 3.63) is 42.5 Å². The van der Waals surface area contributed by atoms with Crippen LogP contribution < -0.4 is 0 Å². The number of aromatic nitrogens is 3. The minimum absolute atomic E-state index is 0.113. The molecule has 2 aromatic rings. The zero-order valence-corrected chi connectivity index (χ0v) is 7.21. The SMILES string of the molecule is Cn1cccc1C(=O)n1cccn1. The van der Waals surface area contributed by atoms with Crippen LogP contribution in [0.2, 0.25) is 0 Å². The summed E-state index contributed by atoms with van der Waals surface area (Å²) in [5.74, 6) is -0.113. The monoisotopic (exact) mass is 175 g/mol. The lowest BCUT2D eigenvalue weighted by atomic mass is 10.4. The first-order chi connectivity index (χ1) is 6.29. The zero-order chi connectivity index (χ0) is 9.26. The second-order valence-corrected chi connectivity index (χ2v) is 2.76. The fourth-order valence-corrected chi connectivity index (χ4v) is 1.19. The van der Waals surface area contributed by atoms with Gasteiger partial charge in [0, 0.05) is 25.6 Å². The third-order valence-electron chi connectivity index (χ3n) is 1.88. The van der Waals surface area contributed by atoms with Gasteiger partial charge in [0.15, 0.2) is 0 Å². The smallest absolute Gasteiger partial charge is 0.294 e. The highest BCUT2D eigenvalue weighted by atomic mass is 16.2. The molecule has 0 saturated heterocycles. The molecule has 0 aliphatic heterocycles. The minimum atomic E-state index is -0.113. The van der Waals surface area contributed by atoms with Crippen LogP contribution in [0.25, 0.3) is 0 Å². The summed E-state index contributed by atoms with van der Waals surface area (Å²) in [5, 5.41) is 3.87. The van der Waals surface area contributed by atoms with Crippen molar-refractivity contribution in [1.82, 2.24) is 14.3 Å². The fourth-order valence-electron chi connectivity index (χ4n) is 1.19. The van der Waals surface area contributed by atoms with E-state index < -0.39 is 0 Å².